The van der Waals surface area contributed by atoms with Crippen LogP contribution in [0, 0.1) is 0 Å². The highest BCUT2D eigenvalue weighted by molar-refractivity contribution is 5.76. The molecule has 0 aliphatic carbocycles. The predicted molar refractivity (Wildman–Crippen MR) is 77.4 cm³/mol. The summed E-state index contributed by atoms with van der Waals surface area (Å²) in [7, 11) is 3.11. The van der Waals surface area contributed by atoms with Gasteiger partial charge in [0.1, 0.15) is 0 Å². The molecule has 0 saturated carbocycles. The molecule has 0 bridgehead atoms. The van der Waals surface area contributed by atoms with Crippen LogP contribution in [0.2, 0.25) is 0 Å². The normalized spacial score (nSPS) is 11.9. The van der Waals surface area contributed by atoms with Gasteiger partial charge in [-0.2, -0.15) is 9.78 Å². The van der Waals surface area contributed by atoms with Gasteiger partial charge in [-0.15, -0.1) is 0 Å². The zero-order valence-corrected chi connectivity index (χ0v) is 14.5. The van der Waals surface area contributed by atoms with E-state index in [0.717, 1.165) is 0 Å². The van der Waals surface area contributed by atoms with Crippen LogP contribution >= 0.6 is 0 Å². The van der Waals surface area contributed by atoms with Crippen molar-refractivity contribution in [1.82, 2.24) is 0 Å². The smallest absolute Gasteiger partial charge is 0.379 e. The van der Waals surface area contributed by atoms with E-state index >= 15 is 0 Å². The second kappa shape index (κ2) is 10.4. The first-order chi connectivity index (χ1) is 10.6. The molecule has 0 spiro atoms. The van der Waals surface area contributed by atoms with Crippen LogP contribution in [0.4, 0.5) is 9.59 Å². The van der Waals surface area contributed by atoms with E-state index in [4.69, 9.17) is 9.47 Å². The minimum Gasteiger partial charge on any atom is -0.379 e. The number of ether oxygens (including phenoxy) is 3. The first-order valence-corrected chi connectivity index (χ1v) is 7.07. The maximum absolute atomic E-state index is 11.1. The lowest BCUT2D eigenvalue weighted by molar-refractivity contribution is -0.275. The van der Waals surface area contributed by atoms with Crippen molar-refractivity contribution in [3.05, 3.63) is 0 Å². The molecule has 0 N–H and O–H groups in total. The highest BCUT2D eigenvalue weighted by atomic mass is 17.3. The minimum absolute atomic E-state index is 0.0770. The fraction of sp³-hybridized carbons (Fsp3) is 0.857. The molecule has 0 radical (unpaired) electrons. The lowest BCUT2D eigenvalue weighted by Crippen LogP contribution is -2.25. The molecule has 0 aromatic heterocycles. The largest absolute Gasteiger partial charge is 0.550 e. The van der Waals surface area contributed by atoms with Crippen LogP contribution in [0.15, 0.2) is 0 Å². The summed E-state index contributed by atoms with van der Waals surface area (Å²) < 4.78 is 14.4. The number of methoxy groups -OCH3 is 2. The maximum atomic E-state index is 11.1. The van der Waals surface area contributed by atoms with Crippen molar-refractivity contribution in [2.75, 3.05) is 27.4 Å². The van der Waals surface area contributed by atoms with Gasteiger partial charge >= 0.3 is 12.3 Å². The number of carbonyl (C=O) groups is 2. The van der Waals surface area contributed by atoms with Crippen molar-refractivity contribution >= 4 is 12.3 Å². The van der Waals surface area contributed by atoms with Crippen LogP contribution in [0.1, 0.15) is 40.5 Å². The zero-order chi connectivity index (χ0) is 17.9. The summed E-state index contributed by atoms with van der Waals surface area (Å²) in [6.45, 7) is 7.52. The van der Waals surface area contributed by atoms with Gasteiger partial charge in [0.15, 0.2) is 0 Å². The third-order valence-corrected chi connectivity index (χ3v) is 3.10. The molecule has 0 saturated heterocycles. The van der Waals surface area contributed by atoms with Crippen LogP contribution in [-0.4, -0.2) is 50.9 Å². The molecule has 0 fully saturated rings. The van der Waals surface area contributed by atoms with Gasteiger partial charge in [-0.05, 0) is 27.7 Å². The van der Waals surface area contributed by atoms with Crippen LogP contribution in [-0.2, 0) is 33.8 Å². The number of hydrogen-bond donors (Lipinski definition) is 0. The van der Waals surface area contributed by atoms with Gasteiger partial charge in [0.05, 0.1) is 24.4 Å². The van der Waals surface area contributed by atoms with E-state index in [-0.39, 0.29) is 13.2 Å². The van der Waals surface area contributed by atoms with Gasteiger partial charge in [-0.25, -0.2) is 9.59 Å². The molecule has 0 aliphatic heterocycles. The van der Waals surface area contributed by atoms with Crippen molar-refractivity contribution in [3.8, 4) is 0 Å². The van der Waals surface area contributed by atoms with Gasteiger partial charge in [0, 0.05) is 27.1 Å². The Morgan fingerprint density at radius 2 is 1.09 bits per heavy atom. The number of carbonyl (C=O) groups excluding carboxylic acids is 2. The van der Waals surface area contributed by atoms with Gasteiger partial charge in [-0.1, -0.05) is 0 Å². The Morgan fingerprint density at radius 3 is 1.39 bits per heavy atom. The third kappa shape index (κ3) is 11.8. The van der Waals surface area contributed by atoms with E-state index in [1.54, 1.807) is 14.2 Å². The Labute approximate surface area is 135 Å². The van der Waals surface area contributed by atoms with Gasteiger partial charge < -0.3 is 14.2 Å². The standard InChI is InChI=1S/C14H26O9/c1-13(2,17-5)7-9-19-22-11(15)21-12(16)23-20-10-8-14(3,4)18-6/h7-10H2,1-6H3. The van der Waals surface area contributed by atoms with E-state index < -0.39 is 23.5 Å². The lowest BCUT2D eigenvalue weighted by atomic mass is 10.1. The molecule has 0 atom stereocenters. The highest BCUT2D eigenvalue weighted by Gasteiger charge is 2.20. The Bertz CT molecular complexity index is 331. The summed E-state index contributed by atoms with van der Waals surface area (Å²) in [5, 5.41) is 0. The summed E-state index contributed by atoms with van der Waals surface area (Å²) in [6, 6.07) is 0. The zero-order valence-electron chi connectivity index (χ0n) is 14.5. The minimum atomic E-state index is -1.36. The molecule has 23 heavy (non-hydrogen) atoms. The molecular weight excluding hydrogens is 312 g/mol. The summed E-state index contributed by atoms with van der Waals surface area (Å²) >= 11 is 0. The molecule has 0 aliphatic rings. The Hall–Kier alpha value is -1.42. The van der Waals surface area contributed by atoms with Crippen molar-refractivity contribution in [2.24, 2.45) is 0 Å². The predicted octanol–water partition coefficient (Wildman–Crippen LogP) is 2.77. The SMILES string of the molecule is COC(C)(C)CCOOC(=O)OC(=O)OOCCC(C)(C)OC. The molecule has 136 valence electrons. The van der Waals surface area contributed by atoms with Crippen LogP contribution < -0.4 is 0 Å². The topological polar surface area (TPSA) is 98.8 Å². The maximum Gasteiger partial charge on any atom is 0.550 e. The van der Waals surface area contributed by atoms with E-state index in [0.29, 0.717) is 12.8 Å². The van der Waals surface area contributed by atoms with Gasteiger partial charge in [0.25, 0.3) is 0 Å². The van der Waals surface area contributed by atoms with Crippen molar-refractivity contribution in [3.63, 3.8) is 0 Å². The van der Waals surface area contributed by atoms with Gasteiger partial charge in [0.2, 0.25) is 0 Å². The quantitative estimate of drug-likeness (QED) is 0.196. The number of hydrogen-bond acceptors (Lipinski definition) is 9. The second-order valence-corrected chi connectivity index (χ2v) is 5.84. The Balaban J connectivity index is 3.72. The van der Waals surface area contributed by atoms with Crippen molar-refractivity contribution in [2.45, 2.75) is 51.7 Å². The van der Waals surface area contributed by atoms with Crippen LogP contribution in [0.25, 0.3) is 0 Å². The molecule has 9 heteroatoms. The van der Waals surface area contributed by atoms with Crippen LogP contribution in [0.3, 0.4) is 0 Å². The van der Waals surface area contributed by atoms with Crippen molar-refractivity contribution < 1.29 is 43.3 Å². The third-order valence-electron chi connectivity index (χ3n) is 3.10. The highest BCUT2D eigenvalue weighted by Crippen LogP contribution is 2.13. The van der Waals surface area contributed by atoms with Crippen LogP contribution in [0.5, 0.6) is 0 Å². The average Bonchev–Trinajstić information content (AvgIpc) is 2.48. The second-order valence-electron chi connectivity index (χ2n) is 5.84. The molecule has 0 aromatic rings. The molecule has 0 aromatic carbocycles. The van der Waals surface area contributed by atoms with Crippen molar-refractivity contribution in [1.29, 1.82) is 0 Å². The molecule has 0 unspecified atom stereocenters. The molecular formula is C14H26O9. The van der Waals surface area contributed by atoms with E-state index in [2.05, 4.69) is 24.3 Å². The molecule has 9 nitrogen and oxygen atoms in total. The first-order valence-electron chi connectivity index (χ1n) is 7.07. The average molecular weight is 338 g/mol. The molecule has 0 heterocycles. The first kappa shape index (κ1) is 21.6. The Kier molecular flexibility index (Phi) is 9.73. The van der Waals surface area contributed by atoms with Gasteiger partial charge in [-0.3, -0.25) is 9.78 Å². The van der Waals surface area contributed by atoms with E-state index in [1.807, 2.05) is 27.7 Å². The summed E-state index contributed by atoms with van der Waals surface area (Å²) in [4.78, 5) is 39.9. The summed E-state index contributed by atoms with van der Waals surface area (Å²) in [6.07, 6.45) is -1.77. The summed E-state index contributed by atoms with van der Waals surface area (Å²) in [5.41, 5.74) is -0.841. The van der Waals surface area contributed by atoms with E-state index in [1.165, 1.54) is 0 Å². The number of rotatable bonds is 10. The monoisotopic (exact) mass is 338 g/mol. The fourth-order valence-corrected chi connectivity index (χ4v) is 1.06. The molecule has 0 amide bonds. The summed E-state index contributed by atoms with van der Waals surface area (Å²) in [5.74, 6) is 0. The van der Waals surface area contributed by atoms with E-state index in [9.17, 15) is 9.59 Å². The fourth-order valence-electron chi connectivity index (χ4n) is 1.06. The lowest BCUT2D eigenvalue weighted by Gasteiger charge is -2.21. The Morgan fingerprint density at radius 1 is 0.739 bits per heavy atom. The molecule has 0 rings (SSSR count).